The Balaban J connectivity index is 0.00000162. The molecule has 1 aromatic heterocycles. The van der Waals surface area contributed by atoms with Crippen LogP contribution in [-0.2, 0) is 0 Å². The van der Waals surface area contributed by atoms with Gasteiger partial charge in [-0.25, -0.2) is 9.55 Å². The number of aromatic amines is 1. The summed E-state index contributed by atoms with van der Waals surface area (Å²) in [6, 6.07) is 6.79. The van der Waals surface area contributed by atoms with Crippen LogP contribution in [0.5, 0.6) is 0 Å². The molecule has 2 rings (SSSR count). The number of nitrogens with zero attached hydrogens (tertiary/aromatic N) is 1. The fourth-order valence-corrected chi connectivity index (χ4v) is 2.07. The van der Waals surface area contributed by atoms with E-state index in [1.54, 1.807) is 0 Å². The average Bonchev–Trinajstić information content (AvgIpc) is 2.81. The highest BCUT2D eigenvalue weighted by Gasteiger charge is 2.14. The second-order valence-corrected chi connectivity index (χ2v) is 5.15. The van der Waals surface area contributed by atoms with Gasteiger partial charge in [0.25, 0.3) is 0 Å². The molecule has 0 aliphatic carbocycles. The number of halogens is 1. The van der Waals surface area contributed by atoms with E-state index in [1.165, 1.54) is 16.8 Å². The lowest BCUT2D eigenvalue weighted by Crippen LogP contribution is -3.00. The topological polar surface area (TPSA) is 19.7 Å². The van der Waals surface area contributed by atoms with Gasteiger partial charge in [0.05, 0.1) is 0 Å². The highest BCUT2D eigenvalue weighted by atomic mass is 35.5. The third-order valence-electron chi connectivity index (χ3n) is 3.16. The zero-order valence-corrected chi connectivity index (χ0v) is 12.2. The van der Waals surface area contributed by atoms with Gasteiger partial charge in [0.1, 0.15) is 18.1 Å². The zero-order chi connectivity index (χ0) is 12.4. The first kappa shape index (κ1) is 14.8. The minimum Gasteiger partial charge on any atom is -1.00 e. The van der Waals surface area contributed by atoms with Crippen molar-refractivity contribution in [1.82, 2.24) is 4.98 Å². The molecule has 2 nitrogen and oxygen atoms in total. The standard InChI is InChI=1S/C15H20N2.ClH/c1-11(2)13-5-6-15(14(9-13)12(3)4)17-8-7-16-10-17;/h5-12H,1-4H3;1H. The van der Waals surface area contributed by atoms with Crippen LogP contribution in [0.15, 0.2) is 36.9 Å². The minimum absolute atomic E-state index is 0. The largest absolute Gasteiger partial charge is 1.00 e. The highest BCUT2D eigenvalue weighted by molar-refractivity contribution is 5.40. The summed E-state index contributed by atoms with van der Waals surface area (Å²) in [5.41, 5.74) is 4.08. The molecule has 0 unspecified atom stereocenters. The molecule has 1 aromatic carbocycles. The Morgan fingerprint density at radius 3 is 2.28 bits per heavy atom. The van der Waals surface area contributed by atoms with E-state index >= 15 is 0 Å². The summed E-state index contributed by atoms with van der Waals surface area (Å²) in [7, 11) is 0. The van der Waals surface area contributed by atoms with Crippen LogP contribution in [0.2, 0.25) is 0 Å². The van der Waals surface area contributed by atoms with E-state index in [0.717, 1.165) is 0 Å². The number of H-pyrrole nitrogens is 1. The molecule has 1 N–H and O–H groups in total. The van der Waals surface area contributed by atoms with Crippen molar-refractivity contribution in [2.75, 3.05) is 0 Å². The van der Waals surface area contributed by atoms with Gasteiger partial charge in [-0.15, -0.1) is 0 Å². The van der Waals surface area contributed by atoms with E-state index in [0.29, 0.717) is 11.8 Å². The Labute approximate surface area is 115 Å². The zero-order valence-electron chi connectivity index (χ0n) is 11.4. The lowest BCUT2D eigenvalue weighted by Gasteiger charge is -2.13. The summed E-state index contributed by atoms with van der Waals surface area (Å²) in [4.78, 5) is 3.09. The van der Waals surface area contributed by atoms with Crippen LogP contribution < -0.4 is 17.0 Å². The Bertz CT molecular complexity index is 487. The molecular formula is C15H21ClN2. The van der Waals surface area contributed by atoms with Crippen molar-refractivity contribution in [3.05, 3.63) is 48.0 Å². The lowest BCUT2D eigenvalue weighted by molar-refractivity contribution is -0.594. The average molecular weight is 265 g/mol. The summed E-state index contributed by atoms with van der Waals surface area (Å²) in [5, 5.41) is 0. The van der Waals surface area contributed by atoms with Crippen LogP contribution in [0.4, 0.5) is 0 Å². The van der Waals surface area contributed by atoms with Gasteiger partial charge in [-0.05, 0) is 23.5 Å². The second-order valence-electron chi connectivity index (χ2n) is 5.15. The molecule has 3 heteroatoms. The molecule has 0 aliphatic heterocycles. The fraction of sp³-hybridized carbons (Fsp3) is 0.400. The molecule has 2 aromatic rings. The Morgan fingerprint density at radius 1 is 1.06 bits per heavy atom. The molecule has 0 saturated heterocycles. The summed E-state index contributed by atoms with van der Waals surface area (Å²) in [6.07, 6.45) is 5.98. The Morgan fingerprint density at radius 2 is 1.78 bits per heavy atom. The number of imidazole rings is 1. The first-order valence-electron chi connectivity index (χ1n) is 6.28. The quantitative estimate of drug-likeness (QED) is 0.781. The van der Waals surface area contributed by atoms with Crippen LogP contribution >= 0.6 is 0 Å². The summed E-state index contributed by atoms with van der Waals surface area (Å²) >= 11 is 0. The van der Waals surface area contributed by atoms with Crippen LogP contribution in [-0.4, -0.2) is 4.98 Å². The van der Waals surface area contributed by atoms with E-state index in [-0.39, 0.29) is 12.4 Å². The van der Waals surface area contributed by atoms with E-state index in [1.807, 2.05) is 12.5 Å². The lowest BCUT2D eigenvalue weighted by atomic mass is 9.94. The van der Waals surface area contributed by atoms with E-state index in [2.05, 4.69) is 61.6 Å². The second kappa shape index (κ2) is 6.05. The molecule has 0 atom stereocenters. The molecule has 0 saturated carbocycles. The van der Waals surface area contributed by atoms with Crippen molar-refractivity contribution in [1.29, 1.82) is 0 Å². The van der Waals surface area contributed by atoms with E-state index < -0.39 is 0 Å². The smallest absolute Gasteiger partial charge is 0.246 e. The fourth-order valence-electron chi connectivity index (χ4n) is 2.07. The number of nitrogens with one attached hydrogen (secondary N) is 1. The van der Waals surface area contributed by atoms with Gasteiger partial charge in [0.15, 0.2) is 0 Å². The molecule has 0 bridgehead atoms. The van der Waals surface area contributed by atoms with Gasteiger partial charge in [-0.3, -0.25) is 0 Å². The van der Waals surface area contributed by atoms with Crippen LogP contribution in [0.3, 0.4) is 0 Å². The molecule has 0 amide bonds. The third-order valence-corrected chi connectivity index (χ3v) is 3.16. The predicted molar refractivity (Wildman–Crippen MR) is 70.5 cm³/mol. The highest BCUT2D eigenvalue weighted by Crippen LogP contribution is 2.24. The molecule has 0 fully saturated rings. The van der Waals surface area contributed by atoms with Crippen molar-refractivity contribution >= 4 is 0 Å². The maximum atomic E-state index is 3.09. The predicted octanol–water partition coefficient (Wildman–Crippen LogP) is 0.542. The van der Waals surface area contributed by atoms with Crippen molar-refractivity contribution < 1.29 is 17.0 Å². The molecular weight excluding hydrogens is 244 g/mol. The van der Waals surface area contributed by atoms with Gasteiger partial charge in [0, 0.05) is 5.56 Å². The maximum absolute atomic E-state index is 3.09. The Hall–Kier alpha value is -1.28. The van der Waals surface area contributed by atoms with E-state index in [9.17, 15) is 0 Å². The van der Waals surface area contributed by atoms with Gasteiger partial charge in [-0.1, -0.05) is 39.8 Å². The van der Waals surface area contributed by atoms with E-state index in [4.69, 9.17) is 0 Å². The normalized spacial score (nSPS) is 10.8. The molecule has 0 spiro atoms. The number of rotatable bonds is 3. The molecule has 0 radical (unpaired) electrons. The molecule has 98 valence electrons. The number of hydrogen-bond donors (Lipinski definition) is 1. The summed E-state index contributed by atoms with van der Waals surface area (Å²) in [6.45, 7) is 8.97. The SMILES string of the molecule is CC(C)c1ccc(-[n+]2cc[nH]c2)c(C(C)C)c1.[Cl-]. The van der Waals surface area contributed by atoms with Gasteiger partial charge in [-0.2, -0.15) is 0 Å². The van der Waals surface area contributed by atoms with Crippen LogP contribution in [0, 0.1) is 0 Å². The van der Waals surface area contributed by atoms with Gasteiger partial charge >= 0.3 is 0 Å². The Kier molecular flexibility index (Phi) is 4.97. The monoisotopic (exact) mass is 264 g/mol. The molecule has 18 heavy (non-hydrogen) atoms. The van der Waals surface area contributed by atoms with Crippen molar-refractivity contribution in [2.24, 2.45) is 0 Å². The van der Waals surface area contributed by atoms with Crippen molar-refractivity contribution in [3.63, 3.8) is 0 Å². The minimum atomic E-state index is 0. The van der Waals surface area contributed by atoms with Crippen LogP contribution in [0.1, 0.15) is 50.7 Å². The third kappa shape index (κ3) is 2.94. The van der Waals surface area contributed by atoms with Crippen molar-refractivity contribution in [2.45, 2.75) is 39.5 Å². The number of benzene rings is 1. The van der Waals surface area contributed by atoms with Gasteiger partial charge < -0.3 is 12.4 Å². The number of hydrogen-bond acceptors (Lipinski definition) is 0. The molecule has 1 heterocycles. The summed E-state index contributed by atoms with van der Waals surface area (Å²) in [5.74, 6) is 1.11. The number of aromatic nitrogens is 2. The molecule has 0 aliphatic rings. The first-order valence-corrected chi connectivity index (χ1v) is 6.28. The van der Waals surface area contributed by atoms with Gasteiger partial charge in [0.2, 0.25) is 6.33 Å². The first-order chi connectivity index (χ1) is 8.09. The van der Waals surface area contributed by atoms with Crippen molar-refractivity contribution in [3.8, 4) is 5.69 Å². The summed E-state index contributed by atoms with van der Waals surface area (Å²) < 4.78 is 2.14. The maximum Gasteiger partial charge on any atom is 0.246 e. The van der Waals surface area contributed by atoms with Crippen LogP contribution in [0.25, 0.3) is 5.69 Å².